The number of hydrogen-bond acceptors (Lipinski definition) is 4. The molecule has 1 atom stereocenters. The lowest BCUT2D eigenvalue weighted by Gasteiger charge is -2.18. The van der Waals surface area contributed by atoms with Crippen molar-refractivity contribution in [2.24, 2.45) is 4.99 Å². The normalized spacial score (nSPS) is 16.7. The molecule has 0 spiro atoms. The van der Waals surface area contributed by atoms with Gasteiger partial charge in [0.2, 0.25) is 5.91 Å². The van der Waals surface area contributed by atoms with E-state index in [0.29, 0.717) is 19.6 Å². The standard InChI is InChI=1S/C18H28N4O3.HI/c1-4-17(23)22-11-9-14(13-22)21-18(19-2)20-10-12-25-16-7-5-15(24-3)6-8-16;/h5-8,14H,4,9-13H2,1-3H3,(H2,19,20,21);1H. The van der Waals surface area contributed by atoms with Gasteiger partial charge < -0.3 is 25.0 Å². The Hall–Kier alpha value is -1.71. The molecule has 1 aromatic carbocycles. The van der Waals surface area contributed by atoms with Gasteiger partial charge in [0.25, 0.3) is 0 Å². The molecule has 1 saturated heterocycles. The van der Waals surface area contributed by atoms with Crippen LogP contribution in [0.3, 0.4) is 0 Å². The van der Waals surface area contributed by atoms with Crippen molar-refractivity contribution >= 4 is 35.8 Å². The molecule has 1 heterocycles. The molecule has 0 aromatic heterocycles. The zero-order valence-electron chi connectivity index (χ0n) is 15.7. The number of hydrogen-bond donors (Lipinski definition) is 2. The molecule has 1 aliphatic rings. The predicted octanol–water partition coefficient (Wildman–Crippen LogP) is 1.87. The first-order chi connectivity index (χ1) is 12.2. The molecule has 7 nitrogen and oxygen atoms in total. The minimum absolute atomic E-state index is 0. The van der Waals surface area contributed by atoms with E-state index in [1.807, 2.05) is 36.1 Å². The minimum atomic E-state index is 0. The largest absolute Gasteiger partial charge is 0.497 e. The van der Waals surface area contributed by atoms with E-state index in [9.17, 15) is 4.79 Å². The van der Waals surface area contributed by atoms with Crippen LogP contribution < -0.4 is 20.1 Å². The maximum atomic E-state index is 11.7. The first kappa shape index (κ1) is 22.3. The summed E-state index contributed by atoms with van der Waals surface area (Å²) in [5, 5.41) is 6.59. The second-order valence-electron chi connectivity index (χ2n) is 5.85. The number of benzene rings is 1. The van der Waals surface area contributed by atoms with E-state index >= 15 is 0 Å². The fourth-order valence-corrected chi connectivity index (χ4v) is 2.73. The number of halogens is 1. The number of nitrogens with zero attached hydrogens (tertiary/aromatic N) is 2. The van der Waals surface area contributed by atoms with Gasteiger partial charge in [-0.25, -0.2) is 0 Å². The van der Waals surface area contributed by atoms with Crippen molar-refractivity contribution in [1.29, 1.82) is 0 Å². The topological polar surface area (TPSA) is 75.2 Å². The second-order valence-corrected chi connectivity index (χ2v) is 5.85. The third-order valence-corrected chi connectivity index (χ3v) is 4.13. The molecule has 1 aliphatic heterocycles. The number of methoxy groups -OCH3 is 1. The zero-order chi connectivity index (χ0) is 18.1. The van der Waals surface area contributed by atoms with Crippen LogP contribution in [0.25, 0.3) is 0 Å². The Morgan fingerprint density at radius 1 is 1.31 bits per heavy atom. The quantitative estimate of drug-likeness (QED) is 0.272. The highest BCUT2D eigenvalue weighted by atomic mass is 127. The average Bonchev–Trinajstić information content (AvgIpc) is 3.12. The molecule has 2 N–H and O–H groups in total. The number of amides is 1. The first-order valence-corrected chi connectivity index (χ1v) is 8.68. The average molecular weight is 476 g/mol. The Kier molecular flexibility index (Phi) is 10.2. The number of carbonyl (C=O) groups is 1. The lowest BCUT2D eigenvalue weighted by molar-refractivity contribution is -0.129. The van der Waals surface area contributed by atoms with Gasteiger partial charge in [0.05, 0.1) is 13.7 Å². The van der Waals surface area contributed by atoms with Crippen LogP contribution in [-0.4, -0.2) is 63.2 Å². The van der Waals surface area contributed by atoms with Gasteiger partial charge in [0.1, 0.15) is 18.1 Å². The summed E-state index contributed by atoms with van der Waals surface area (Å²) in [6.45, 7) is 4.60. The molecular weight excluding hydrogens is 447 g/mol. The number of carbonyl (C=O) groups excluding carboxylic acids is 1. The van der Waals surface area contributed by atoms with Crippen molar-refractivity contribution in [2.75, 3.05) is 40.4 Å². The number of aliphatic imine (C=N–C) groups is 1. The molecule has 1 aromatic rings. The van der Waals surface area contributed by atoms with Gasteiger partial charge in [0, 0.05) is 32.6 Å². The lowest BCUT2D eigenvalue weighted by Crippen LogP contribution is -2.46. The van der Waals surface area contributed by atoms with Crippen LogP contribution in [0.2, 0.25) is 0 Å². The molecule has 146 valence electrons. The number of nitrogens with one attached hydrogen (secondary N) is 2. The predicted molar refractivity (Wildman–Crippen MR) is 114 cm³/mol. The monoisotopic (exact) mass is 476 g/mol. The Morgan fingerprint density at radius 2 is 2.00 bits per heavy atom. The summed E-state index contributed by atoms with van der Waals surface area (Å²) in [6.07, 6.45) is 1.50. The van der Waals surface area contributed by atoms with Crippen molar-refractivity contribution in [1.82, 2.24) is 15.5 Å². The summed E-state index contributed by atoms with van der Waals surface area (Å²) in [6, 6.07) is 7.73. The molecule has 0 bridgehead atoms. The van der Waals surface area contributed by atoms with Crippen LogP contribution in [0.15, 0.2) is 29.3 Å². The lowest BCUT2D eigenvalue weighted by atomic mass is 10.3. The van der Waals surface area contributed by atoms with Crippen LogP contribution in [-0.2, 0) is 4.79 Å². The molecule has 0 saturated carbocycles. The molecular formula is C18H29IN4O3. The van der Waals surface area contributed by atoms with Gasteiger partial charge in [-0.05, 0) is 30.7 Å². The second kappa shape index (κ2) is 11.8. The third-order valence-electron chi connectivity index (χ3n) is 4.13. The molecule has 8 heteroatoms. The van der Waals surface area contributed by atoms with E-state index in [0.717, 1.165) is 37.0 Å². The fraction of sp³-hybridized carbons (Fsp3) is 0.556. The molecule has 1 fully saturated rings. The van der Waals surface area contributed by atoms with E-state index in [-0.39, 0.29) is 35.9 Å². The smallest absolute Gasteiger partial charge is 0.222 e. The SMILES string of the molecule is CCC(=O)N1CCC(NC(=NC)NCCOc2ccc(OC)cc2)C1.I. The Bertz CT molecular complexity index is 580. The van der Waals surface area contributed by atoms with E-state index in [1.54, 1.807) is 14.2 Å². The number of rotatable bonds is 7. The van der Waals surface area contributed by atoms with Crippen molar-refractivity contribution in [3.63, 3.8) is 0 Å². The van der Waals surface area contributed by atoms with Crippen LogP contribution >= 0.6 is 24.0 Å². The maximum absolute atomic E-state index is 11.7. The van der Waals surface area contributed by atoms with Gasteiger partial charge >= 0.3 is 0 Å². The minimum Gasteiger partial charge on any atom is -0.497 e. The third kappa shape index (κ3) is 6.89. The highest BCUT2D eigenvalue weighted by Crippen LogP contribution is 2.16. The summed E-state index contributed by atoms with van der Waals surface area (Å²) >= 11 is 0. The fourth-order valence-electron chi connectivity index (χ4n) is 2.73. The maximum Gasteiger partial charge on any atom is 0.222 e. The van der Waals surface area contributed by atoms with Gasteiger partial charge in [0.15, 0.2) is 5.96 Å². The number of guanidine groups is 1. The molecule has 0 aliphatic carbocycles. The van der Waals surface area contributed by atoms with Crippen LogP contribution in [0, 0.1) is 0 Å². The van der Waals surface area contributed by atoms with Gasteiger partial charge in [-0.3, -0.25) is 9.79 Å². The Morgan fingerprint density at radius 3 is 2.62 bits per heavy atom. The number of ether oxygens (including phenoxy) is 2. The molecule has 1 amide bonds. The van der Waals surface area contributed by atoms with Crippen molar-refractivity contribution < 1.29 is 14.3 Å². The van der Waals surface area contributed by atoms with Crippen LogP contribution in [0.1, 0.15) is 19.8 Å². The summed E-state index contributed by atoms with van der Waals surface area (Å²) in [5.41, 5.74) is 0. The van der Waals surface area contributed by atoms with Crippen molar-refractivity contribution in [3.05, 3.63) is 24.3 Å². The Labute approximate surface area is 172 Å². The zero-order valence-corrected chi connectivity index (χ0v) is 18.0. The van der Waals surface area contributed by atoms with Crippen molar-refractivity contribution in [2.45, 2.75) is 25.8 Å². The summed E-state index contributed by atoms with van der Waals surface area (Å²) in [5.74, 6) is 2.55. The molecule has 26 heavy (non-hydrogen) atoms. The molecule has 1 unspecified atom stereocenters. The summed E-state index contributed by atoms with van der Waals surface area (Å²) < 4.78 is 10.8. The van der Waals surface area contributed by atoms with E-state index < -0.39 is 0 Å². The molecule has 2 rings (SSSR count). The van der Waals surface area contributed by atoms with Gasteiger partial charge in [-0.2, -0.15) is 0 Å². The van der Waals surface area contributed by atoms with E-state index in [2.05, 4.69) is 15.6 Å². The van der Waals surface area contributed by atoms with Crippen molar-refractivity contribution in [3.8, 4) is 11.5 Å². The number of likely N-dealkylation sites (tertiary alicyclic amines) is 1. The highest BCUT2D eigenvalue weighted by molar-refractivity contribution is 14.0. The summed E-state index contributed by atoms with van der Waals surface area (Å²) in [7, 11) is 3.38. The molecule has 0 radical (unpaired) electrons. The van der Waals surface area contributed by atoms with Gasteiger partial charge in [-0.15, -0.1) is 24.0 Å². The van der Waals surface area contributed by atoms with Crippen LogP contribution in [0.4, 0.5) is 0 Å². The summed E-state index contributed by atoms with van der Waals surface area (Å²) in [4.78, 5) is 17.9. The Balaban J connectivity index is 0.00000338. The van der Waals surface area contributed by atoms with Gasteiger partial charge in [-0.1, -0.05) is 6.92 Å². The van der Waals surface area contributed by atoms with Crippen LogP contribution in [0.5, 0.6) is 11.5 Å². The highest BCUT2D eigenvalue weighted by Gasteiger charge is 2.25. The van der Waals surface area contributed by atoms with E-state index in [1.165, 1.54) is 0 Å². The van der Waals surface area contributed by atoms with E-state index in [4.69, 9.17) is 9.47 Å². The first-order valence-electron chi connectivity index (χ1n) is 8.68.